The second-order valence-electron chi connectivity index (χ2n) is 4.12. The average Bonchev–Trinajstić information content (AvgIpc) is 2.82. The minimum atomic E-state index is 0.881. The van der Waals surface area contributed by atoms with Gasteiger partial charge in [0.05, 0.1) is 7.11 Å². The van der Waals surface area contributed by atoms with Gasteiger partial charge in [0, 0.05) is 31.4 Å². The zero-order chi connectivity index (χ0) is 13.2. The van der Waals surface area contributed by atoms with E-state index in [1.165, 1.54) is 15.2 Å². The fourth-order valence-corrected chi connectivity index (χ4v) is 3.21. The Balaban J connectivity index is 1.93. The molecule has 0 radical (unpaired) electrons. The number of methoxy groups -OCH3 is 1. The van der Waals surface area contributed by atoms with Crippen molar-refractivity contribution in [1.82, 2.24) is 4.98 Å². The molecule has 0 aliphatic heterocycles. The van der Waals surface area contributed by atoms with Crippen molar-refractivity contribution >= 4 is 38.6 Å². The topological polar surface area (TPSA) is 25.0 Å². The predicted octanol–water partition coefficient (Wildman–Crippen LogP) is 5.09. The lowest BCUT2D eigenvalue weighted by molar-refractivity contribution is 0.414. The van der Waals surface area contributed by atoms with E-state index in [9.17, 15) is 0 Å². The molecule has 0 unspecified atom stereocenters. The zero-order valence-corrected chi connectivity index (χ0v) is 12.7. The second-order valence-corrected chi connectivity index (χ2v) is 6.15. The molecular weight excluding hydrogens is 322 g/mol. The van der Waals surface area contributed by atoms with Crippen molar-refractivity contribution in [3.63, 3.8) is 0 Å². The van der Waals surface area contributed by atoms with Crippen LogP contribution in [0.25, 0.3) is 10.9 Å². The summed E-state index contributed by atoms with van der Waals surface area (Å²) in [5, 5.41) is 1.23. The highest BCUT2D eigenvalue weighted by molar-refractivity contribution is 9.10. The van der Waals surface area contributed by atoms with Crippen molar-refractivity contribution in [3.05, 3.63) is 53.1 Å². The number of fused-ring (bicyclic) bond motifs is 1. The molecule has 0 atom stereocenters. The number of aromatic amines is 1. The monoisotopic (exact) mass is 333 g/mol. The van der Waals surface area contributed by atoms with Gasteiger partial charge in [0.2, 0.25) is 0 Å². The van der Waals surface area contributed by atoms with Crippen LogP contribution < -0.4 is 4.74 Å². The third kappa shape index (κ3) is 2.65. The summed E-state index contributed by atoms with van der Waals surface area (Å²) in [4.78, 5) is 5.71. The van der Waals surface area contributed by atoms with Crippen LogP contribution in [0.5, 0.6) is 5.75 Å². The first-order valence-corrected chi connectivity index (χ1v) is 7.46. The van der Waals surface area contributed by atoms with Crippen LogP contribution in [0, 0.1) is 0 Å². The van der Waals surface area contributed by atoms with Gasteiger partial charge in [-0.05, 0) is 42.5 Å². The first-order chi connectivity index (χ1) is 9.26. The molecule has 2 aromatic carbocycles. The molecule has 2 nitrogen and oxygen atoms in total. The van der Waals surface area contributed by atoms with Crippen LogP contribution in [0.1, 0.15) is 0 Å². The van der Waals surface area contributed by atoms with E-state index in [0.717, 1.165) is 15.7 Å². The molecule has 1 N–H and O–H groups in total. The first kappa shape index (κ1) is 12.6. The summed E-state index contributed by atoms with van der Waals surface area (Å²) in [5.41, 5.74) is 1.15. The van der Waals surface area contributed by atoms with E-state index in [-0.39, 0.29) is 0 Å². The minimum Gasteiger partial charge on any atom is -0.497 e. The van der Waals surface area contributed by atoms with Gasteiger partial charge in [0.1, 0.15) is 5.75 Å². The summed E-state index contributed by atoms with van der Waals surface area (Å²) in [6.45, 7) is 0. The van der Waals surface area contributed by atoms with Gasteiger partial charge in [0.25, 0.3) is 0 Å². The van der Waals surface area contributed by atoms with E-state index in [1.807, 2.05) is 24.4 Å². The minimum absolute atomic E-state index is 0.881. The van der Waals surface area contributed by atoms with Crippen LogP contribution in [0.3, 0.4) is 0 Å². The van der Waals surface area contributed by atoms with Gasteiger partial charge in [-0.1, -0.05) is 27.7 Å². The van der Waals surface area contributed by atoms with Crippen LogP contribution in [0.4, 0.5) is 0 Å². The SMILES string of the molecule is COc1ccc(Sc2c[nH]c3ccc(Br)cc23)cc1. The molecule has 0 spiro atoms. The van der Waals surface area contributed by atoms with Crippen molar-refractivity contribution in [1.29, 1.82) is 0 Å². The molecule has 1 heterocycles. The molecule has 4 heteroatoms. The Morgan fingerprint density at radius 2 is 1.89 bits per heavy atom. The lowest BCUT2D eigenvalue weighted by Crippen LogP contribution is -1.81. The number of halogens is 1. The highest BCUT2D eigenvalue weighted by Crippen LogP contribution is 2.35. The number of rotatable bonds is 3. The quantitative estimate of drug-likeness (QED) is 0.722. The van der Waals surface area contributed by atoms with Crippen LogP contribution in [-0.4, -0.2) is 12.1 Å². The normalized spacial score (nSPS) is 10.8. The van der Waals surface area contributed by atoms with Gasteiger partial charge >= 0.3 is 0 Å². The lowest BCUT2D eigenvalue weighted by Gasteiger charge is -2.02. The second kappa shape index (κ2) is 5.31. The Bertz CT molecular complexity index is 706. The molecule has 0 fully saturated rings. The fourth-order valence-electron chi connectivity index (χ4n) is 1.92. The smallest absolute Gasteiger partial charge is 0.118 e. The summed E-state index contributed by atoms with van der Waals surface area (Å²) in [7, 11) is 1.68. The van der Waals surface area contributed by atoms with E-state index in [2.05, 4.69) is 45.2 Å². The highest BCUT2D eigenvalue weighted by atomic mass is 79.9. The molecule has 0 bridgehead atoms. The average molecular weight is 334 g/mol. The number of hydrogen-bond donors (Lipinski definition) is 1. The molecular formula is C15H12BrNOS. The molecule has 0 amide bonds. The van der Waals surface area contributed by atoms with Gasteiger partial charge in [-0.2, -0.15) is 0 Å². The van der Waals surface area contributed by atoms with Crippen LogP contribution >= 0.6 is 27.7 Å². The van der Waals surface area contributed by atoms with E-state index in [0.29, 0.717) is 0 Å². The van der Waals surface area contributed by atoms with Gasteiger partial charge in [-0.15, -0.1) is 0 Å². The maximum absolute atomic E-state index is 5.17. The van der Waals surface area contributed by atoms with E-state index >= 15 is 0 Å². The summed E-state index contributed by atoms with van der Waals surface area (Å²) >= 11 is 5.26. The maximum atomic E-state index is 5.17. The zero-order valence-electron chi connectivity index (χ0n) is 10.3. The van der Waals surface area contributed by atoms with Crippen molar-refractivity contribution in [2.45, 2.75) is 9.79 Å². The van der Waals surface area contributed by atoms with Gasteiger partial charge in [-0.3, -0.25) is 0 Å². The molecule has 0 aliphatic carbocycles. The molecule has 3 aromatic rings. The van der Waals surface area contributed by atoms with E-state index < -0.39 is 0 Å². The summed E-state index contributed by atoms with van der Waals surface area (Å²) in [6.07, 6.45) is 2.05. The Morgan fingerprint density at radius 1 is 1.11 bits per heavy atom. The van der Waals surface area contributed by atoms with Crippen molar-refractivity contribution < 1.29 is 4.74 Å². The summed E-state index contributed by atoms with van der Waals surface area (Å²) in [6, 6.07) is 14.4. The Morgan fingerprint density at radius 3 is 2.63 bits per heavy atom. The fraction of sp³-hybridized carbons (Fsp3) is 0.0667. The van der Waals surface area contributed by atoms with Crippen LogP contribution in [0.15, 0.2) is 62.9 Å². The summed E-state index contributed by atoms with van der Waals surface area (Å²) in [5.74, 6) is 0.881. The molecule has 0 saturated carbocycles. The largest absolute Gasteiger partial charge is 0.497 e. The number of hydrogen-bond acceptors (Lipinski definition) is 2. The van der Waals surface area contributed by atoms with E-state index in [4.69, 9.17) is 4.74 Å². The van der Waals surface area contributed by atoms with Crippen molar-refractivity contribution in [3.8, 4) is 5.75 Å². The van der Waals surface area contributed by atoms with Gasteiger partial charge < -0.3 is 9.72 Å². The number of ether oxygens (including phenoxy) is 1. The van der Waals surface area contributed by atoms with Crippen LogP contribution in [-0.2, 0) is 0 Å². The third-order valence-electron chi connectivity index (χ3n) is 2.89. The molecule has 19 heavy (non-hydrogen) atoms. The lowest BCUT2D eigenvalue weighted by atomic mass is 10.2. The summed E-state index contributed by atoms with van der Waals surface area (Å²) < 4.78 is 6.26. The number of nitrogens with one attached hydrogen (secondary N) is 1. The highest BCUT2D eigenvalue weighted by Gasteiger charge is 2.06. The molecule has 1 aromatic heterocycles. The van der Waals surface area contributed by atoms with E-state index in [1.54, 1.807) is 18.9 Å². The van der Waals surface area contributed by atoms with Gasteiger partial charge in [0.15, 0.2) is 0 Å². The predicted molar refractivity (Wildman–Crippen MR) is 83.1 cm³/mol. The maximum Gasteiger partial charge on any atom is 0.118 e. The van der Waals surface area contributed by atoms with Crippen LogP contribution in [0.2, 0.25) is 0 Å². The molecule has 96 valence electrons. The Kier molecular flexibility index (Phi) is 3.53. The van der Waals surface area contributed by atoms with Crippen molar-refractivity contribution in [2.24, 2.45) is 0 Å². The first-order valence-electron chi connectivity index (χ1n) is 5.85. The Hall–Kier alpha value is -1.39. The molecule has 3 rings (SSSR count). The number of H-pyrrole nitrogens is 1. The molecule has 0 aliphatic rings. The Labute approximate surface area is 124 Å². The third-order valence-corrected chi connectivity index (χ3v) is 4.45. The molecule has 0 saturated heterocycles. The number of benzene rings is 2. The number of aromatic nitrogens is 1. The standard InChI is InChI=1S/C15H12BrNOS/c1-18-11-3-5-12(6-4-11)19-15-9-17-14-7-2-10(16)8-13(14)15/h2-9,17H,1H3. The van der Waals surface area contributed by atoms with Crippen molar-refractivity contribution in [2.75, 3.05) is 7.11 Å². The van der Waals surface area contributed by atoms with Gasteiger partial charge in [-0.25, -0.2) is 0 Å².